The van der Waals surface area contributed by atoms with Crippen molar-refractivity contribution in [2.24, 2.45) is 0 Å². The van der Waals surface area contributed by atoms with Crippen LogP contribution < -0.4 is 4.90 Å². The third kappa shape index (κ3) is 6.23. The molecule has 0 spiro atoms. The molecule has 11 rings (SSSR count). The summed E-state index contributed by atoms with van der Waals surface area (Å²) in [6.45, 7) is 0. The highest BCUT2D eigenvalue weighted by Crippen LogP contribution is 2.41. The number of hydrogen-bond acceptors (Lipinski definition) is 1. The second kappa shape index (κ2) is 15.1. The van der Waals surface area contributed by atoms with Crippen LogP contribution in [0.4, 0.5) is 17.1 Å². The second-order valence-electron chi connectivity index (χ2n) is 15.3. The molecule has 0 radical (unpaired) electrons. The average molecular weight is 765 g/mol. The zero-order valence-corrected chi connectivity index (χ0v) is 33.0. The number of fused-ring (bicyclic) bond motifs is 4. The minimum atomic E-state index is 1.10. The highest BCUT2D eigenvalue weighted by molar-refractivity contribution is 6.09. The largest absolute Gasteiger partial charge is 0.311 e. The molecule has 0 aliphatic rings. The van der Waals surface area contributed by atoms with Crippen molar-refractivity contribution in [3.8, 4) is 50.2 Å². The van der Waals surface area contributed by atoms with Crippen LogP contribution in [0.15, 0.2) is 243 Å². The Morgan fingerprint density at radius 3 is 1.33 bits per heavy atom. The molecule has 1 aromatic heterocycles. The Labute approximate surface area is 350 Å². The number of aromatic nitrogens is 1. The standard InChI is InChI=1S/C58H40N2/c1-2-17-46(18-3-1)59(48-39-35-44(36-40-48)50-20-6-7-22-52(50)53-25-14-16-43-15-4-5-19-49(43)53)47-37-33-42(34-38-47)41-29-31-45(32-30-41)51-21-8-11-26-56(51)60-57-27-12-9-23-54(57)55-24-10-13-28-58(55)60/h1-40H. The van der Waals surface area contributed by atoms with Gasteiger partial charge in [-0.25, -0.2) is 0 Å². The van der Waals surface area contributed by atoms with Gasteiger partial charge in [-0.2, -0.15) is 0 Å². The Bertz CT molecular complexity index is 3230. The van der Waals surface area contributed by atoms with Crippen molar-refractivity contribution in [3.63, 3.8) is 0 Å². The van der Waals surface area contributed by atoms with E-state index >= 15 is 0 Å². The van der Waals surface area contributed by atoms with Crippen molar-refractivity contribution in [1.82, 2.24) is 4.57 Å². The van der Waals surface area contributed by atoms with Gasteiger partial charge in [0.25, 0.3) is 0 Å². The van der Waals surface area contributed by atoms with E-state index in [1.165, 1.54) is 82.8 Å². The van der Waals surface area contributed by atoms with Gasteiger partial charge < -0.3 is 9.47 Å². The summed E-state index contributed by atoms with van der Waals surface area (Å²) in [6.07, 6.45) is 0. The van der Waals surface area contributed by atoms with Crippen LogP contribution in [0.3, 0.4) is 0 Å². The van der Waals surface area contributed by atoms with Gasteiger partial charge in [-0.05, 0) is 104 Å². The van der Waals surface area contributed by atoms with Crippen LogP contribution in [-0.4, -0.2) is 4.57 Å². The number of benzene rings is 10. The fraction of sp³-hybridized carbons (Fsp3) is 0. The summed E-state index contributed by atoms with van der Waals surface area (Å²) in [5.74, 6) is 0. The Hall–Kier alpha value is -7.94. The summed E-state index contributed by atoms with van der Waals surface area (Å²) < 4.78 is 2.41. The molecule has 11 aromatic rings. The Morgan fingerprint density at radius 1 is 0.250 bits per heavy atom. The summed E-state index contributed by atoms with van der Waals surface area (Å²) in [7, 11) is 0. The molecule has 0 N–H and O–H groups in total. The fourth-order valence-corrected chi connectivity index (χ4v) is 8.98. The fourth-order valence-electron chi connectivity index (χ4n) is 8.98. The molecule has 10 aromatic carbocycles. The Kier molecular flexibility index (Phi) is 8.87. The third-order valence-electron chi connectivity index (χ3n) is 11.8. The van der Waals surface area contributed by atoms with Crippen LogP contribution in [0.5, 0.6) is 0 Å². The van der Waals surface area contributed by atoms with E-state index in [-0.39, 0.29) is 0 Å². The molecule has 1 heterocycles. The zero-order valence-electron chi connectivity index (χ0n) is 33.0. The molecule has 2 heteroatoms. The molecule has 0 saturated carbocycles. The summed E-state index contributed by atoms with van der Waals surface area (Å²) in [4.78, 5) is 2.33. The first-order chi connectivity index (χ1) is 29.8. The van der Waals surface area contributed by atoms with Crippen molar-refractivity contribution in [2.75, 3.05) is 4.90 Å². The number of rotatable bonds is 8. The highest BCUT2D eigenvalue weighted by atomic mass is 15.1. The van der Waals surface area contributed by atoms with E-state index in [2.05, 4.69) is 252 Å². The molecule has 0 aliphatic heterocycles. The maximum absolute atomic E-state index is 2.41. The summed E-state index contributed by atoms with van der Waals surface area (Å²) >= 11 is 0. The molecule has 0 aliphatic carbocycles. The smallest absolute Gasteiger partial charge is 0.0541 e. The lowest BCUT2D eigenvalue weighted by Crippen LogP contribution is -2.09. The lowest BCUT2D eigenvalue weighted by Gasteiger charge is -2.26. The van der Waals surface area contributed by atoms with Crippen molar-refractivity contribution in [2.45, 2.75) is 0 Å². The van der Waals surface area contributed by atoms with Crippen LogP contribution >= 0.6 is 0 Å². The first kappa shape index (κ1) is 35.2. The van der Waals surface area contributed by atoms with Gasteiger partial charge in [0.2, 0.25) is 0 Å². The van der Waals surface area contributed by atoms with E-state index in [0.717, 1.165) is 17.1 Å². The maximum Gasteiger partial charge on any atom is 0.0541 e. The van der Waals surface area contributed by atoms with Gasteiger partial charge in [0.1, 0.15) is 0 Å². The van der Waals surface area contributed by atoms with Gasteiger partial charge in [-0.15, -0.1) is 0 Å². The quantitative estimate of drug-likeness (QED) is 0.150. The van der Waals surface area contributed by atoms with Gasteiger partial charge in [0, 0.05) is 33.4 Å². The normalized spacial score (nSPS) is 11.3. The van der Waals surface area contributed by atoms with E-state index in [9.17, 15) is 0 Å². The molecule has 0 saturated heterocycles. The lowest BCUT2D eigenvalue weighted by atomic mass is 9.91. The maximum atomic E-state index is 2.41. The number of anilines is 3. The van der Waals surface area contributed by atoms with E-state index < -0.39 is 0 Å². The topological polar surface area (TPSA) is 8.17 Å². The zero-order chi connectivity index (χ0) is 39.8. The second-order valence-corrected chi connectivity index (χ2v) is 15.3. The Balaban J connectivity index is 0.905. The molecule has 0 bridgehead atoms. The SMILES string of the molecule is c1ccc(N(c2ccc(-c3ccc(-c4ccccc4-n4c5ccccc5c5ccccc54)cc3)cc2)c2ccc(-c3ccccc3-c3cccc4ccccc34)cc2)cc1. The van der Waals surface area contributed by atoms with Crippen molar-refractivity contribution in [1.29, 1.82) is 0 Å². The third-order valence-corrected chi connectivity index (χ3v) is 11.8. The molecule has 2 nitrogen and oxygen atoms in total. The van der Waals surface area contributed by atoms with Gasteiger partial charge in [-0.3, -0.25) is 0 Å². The summed E-state index contributed by atoms with van der Waals surface area (Å²) in [5.41, 5.74) is 16.6. The van der Waals surface area contributed by atoms with Crippen molar-refractivity contribution < 1.29 is 0 Å². The minimum absolute atomic E-state index is 1.10. The van der Waals surface area contributed by atoms with Crippen LogP contribution in [-0.2, 0) is 0 Å². The molecule has 0 unspecified atom stereocenters. The summed E-state index contributed by atoms with van der Waals surface area (Å²) in [6, 6.07) is 87.7. The predicted molar refractivity (Wildman–Crippen MR) is 255 cm³/mol. The number of nitrogens with zero attached hydrogens (tertiary/aromatic N) is 2. The van der Waals surface area contributed by atoms with Gasteiger partial charge in [0.15, 0.2) is 0 Å². The van der Waals surface area contributed by atoms with E-state index in [4.69, 9.17) is 0 Å². The first-order valence-electron chi connectivity index (χ1n) is 20.6. The van der Waals surface area contributed by atoms with E-state index in [1.54, 1.807) is 0 Å². The molecule has 282 valence electrons. The highest BCUT2D eigenvalue weighted by Gasteiger charge is 2.17. The predicted octanol–water partition coefficient (Wildman–Crippen LogP) is 16.1. The monoisotopic (exact) mass is 764 g/mol. The molecule has 0 fully saturated rings. The molecular weight excluding hydrogens is 725 g/mol. The summed E-state index contributed by atoms with van der Waals surface area (Å²) in [5, 5.41) is 5.05. The van der Waals surface area contributed by atoms with E-state index in [1.807, 2.05) is 0 Å². The molecule has 0 atom stereocenters. The van der Waals surface area contributed by atoms with Crippen LogP contribution in [0.25, 0.3) is 82.8 Å². The Morgan fingerprint density at radius 2 is 0.667 bits per heavy atom. The van der Waals surface area contributed by atoms with Crippen molar-refractivity contribution in [3.05, 3.63) is 243 Å². The lowest BCUT2D eigenvalue weighted by molar-refractivity contribution is 1.18. The van der Waals surface area contributed by atoms with Crippen LogP contribution in [0.2, 0.25) is 0 Å². The average Bonchev–Trinajstić information content (AvgIpc) is 3.67. The van der Waals surface area contributed by atoms with Gasteiger partial charge in [-0.1, -0.05) is 188 Å². The molecular formula is C58H40N2. The number of para-hydroxylation sites is 4. The van der Waals surface area contributed by atoms with Gasteiger partial charge in [0.05, 0.1) is 16.7 Å². The number of hydrogen-bond donors (Lipinski definition) is 0. The molecule has 60 heavy (non-hydrogen) atoms. The minimum Gasteiger partial charge on any atom is -0.311 e. The van der Waals surface area contributed by atoms with Gasteiger partial charge >= 0.3 is 0 Å². The van der Waals surface area contributed by atoms with E-state index in [0.29, 0.717) is 0 Å². The molecule has 0 amide bonds. The van der Waals surface area contributed by atoms with Crippen LogP contribution in [0, 0.1) is 0 Å². The first-order valence-corrected chi connectivity index (χ1v) is 20.6. The van der Waals surface area contributed by atoms with Crippen LogP contribution in [0.1, 0.15) is 0 Å². The van der Waals surface area contributed by atoms with Crippen molar-refractivity contribution >= 4 is 49.6 Å².